The Morgan fingerprint density at radius 1 is 1.18 bits per heavy atom. The van der Waals surface area contributed by atoms with E-state index < -0.39 is 15.6 Å². The third-order valence-corrected chi connectivity index (χ3v) is 8.22. The minimum absolute atomic E-state index is 0.0260. The quantitative estimate of drug-likeness (QED) is 0.793. The van der Waals surface area contributed by atoms with E-state index in [1.54, 1.807) is 28.8 Å². The summed E-state index contributed by atoms with van der Waals surface area (Å²) in [5.74, 6) is 0.471. The van der Waals surface area contributed by atoms with Crippen LogP contribution in [0.25, 0.3) is 0 Å². The Morgan fingerprint density at radius 3 is 2.75 bits per heavy atom. The number of hydrogen-bond acceptors (Lipinski definition) is 4. The molecule has 3 aliphatic rings. The van der Waals surface area contributed by atoms with E-state index in [9.17, 15) is 13.2 Å². The van der Waals surface area contributed by atoms with Crippen molar-refractivity contribution in [1.82, 2.24) is 14.2 Å². The zero-order chi connectivity index (χ0) is 19.4. The van der Waals surface area contributed by atoms with E-state index in [1.807, 2.05) is 29.2 Å². The van der Waals surface area contributed by atoms with E-state index in [-0.39, 0.29) is 5.91 Å². The Labute approximate surface area is 165 Å². The summed E-state index contributed by atoms with van der Waals surface area (Å²) in [6.07, 6.45) is 6.51. The number of hydrogen-bond donors (Lipinski definition) is 0. The van der Waals surface area contributed by atoms with Crippen molar-refractivity contribution in [3.8, 4) is 0 Å². The Kier molecular flexibility index (Phi) is 4.07. The molecule has 1 atom stereocenters. The number of pyridine rings is 1. The van der Waals surface area contributed by atoms with Gasteiger partial charge in [-0.15, -0.1) is 0 Å². The van der Waals surface area contributed by atoms with E-state index in [0.29, 0.717) is 43.3 Å². The minimum atomic E-state index is -3.52. The molecule has 1 amide bonds. The van der Waals surface area contributed by atoms with Crippen molar-refractivity contribution < 1.29 is 13.2 Å². The molecule has 5 rings (SSSR count). The first kappa shape index (κ1) is 17.8. The molecule has 1 unspecified atom stereocenters. The molecule has 0 radical (unpaired) electrons. The molecule has 1 saturated carbocycles. The number of carbonyl (C=O) groups excluding carboxylic acids is 1. The maximum Gasteiger partial charge on any atom is 0.244 e. The van der Waals surface area contributed by atoms with Crippen molar-refractivity contribution in [2.24, 2.45) is 5.92 Å². The molecule has 2 aliphatic heterocycles. The largest absolute Gasteiger partial charge is 0.340 e. The number of aromatic nitrogens is 1. The Hall–Kier alpha value is -2.25. The lowest BCUT2D eigenvalue weighted by Gasteiger charge is -2.34. The van der Waals surface area contributed by atoms with Crippen molar-refractivity contribution in [1.29, 1.82) is 0 Å². The van der Waals surface area contributed by atoms with Gasteiger partial charge in [0.1, 0.15) is 0 Å². The van der Waals surface area contributed by atoms with Gasteiger partial charge in [-0.3, -0.25) is 9.78 Å². The summed E-state index contributed by atoms with van der Waals surface area (Å²) in [6.45, 7) is 1.56. The van der Waals surface area contributed by atoms with Crippen molar-refractivity contribution in [2.75, 3.05) is 19.6 Å². The van der Waals surface area contributed by atoms with Gasteiger partial charge in [-0.25, -0.2) is 8.42 Å². The van der Waals surface area contributed by atoms with Crippen LogP contribution in [0.1, 0.15) is 30.4 Å². The first-order chi connectivity index (χ1) is 13.5. The van der Waals surface area contributed by atoms with Gasteiger partial charge in [-0.05, 0) is 48.4 Å². The van der Waals surface area contributed by atoms with E-state index in [2.05, 4.69) is 4.98 Å². The maximum atomic E-state index is 13.3. The van der Waals surface area contributed by atoms with Gasteiger partial charge in [0.25, 0.3) is 0 Å². The lowest BCUT2D eigenvalue weighted by Crippen LogP contribution is -2.47. The standard InChI is InChI=1S/C21H23N3O3S/c25-20(12-17-4-3-10-22-13-17)23-11-9-21(15-23)18-5-1-2-6-19(18)28(26,27)24(21)14-16-7-8-16/h1-6,10,13,16H,7-9,11-12,14-15H2. The third kappa shape index (κ3) is 2.76. The van der Waals surface area contributed by atoms with Gasteiger partial charge in [0.2, 0.25) is 15.9 Å². The number of sulfonamides is 1. The Morgan fingerprint density at radius 2 is 2.00 bits per heavy atom. The molecule has 1 aliphatic carbocycles. The zero-order valence-corrected chi connectivity index (χ0v) is 16.4. The van der Waals surface area contributed by atoms with Gasteiger partial charge in [0, 0.05) is 32.0 Å². The molecule has 1 spiro atoms. The fraction of sp³-hybridized carbons (Fsp3) is 0.429. The Balaban J connectivity index is 1.47. The second-order valence-corrected chi connectivity index (χ2v) is 9.94. The summed E-state index contributed by atoms with van der Waals surface area (Å²) in [7, 11) is -3.52. The highest BCUT2D eigenvalue weighted by Gasteiger charge is 2.58. The molecule has 1 saturated heterocycles. The van der Waals surface area contributed by atoms with Crippen LogP contribution < -0.4 is 0 Å². The number of benzene rings is 1. The maximum absolute atomic E-state index is 13.3. The molecule has 6 nitrogen and oxygen atoms in total. The third-order valence-electron chi connectivity index (χ3n) is 6.23. The fourth-order valence-corrected chi connectivity index (χ4v) is 6.72. The molecule has 28 heavy (non-hydrogen) atoms. The van der Waals surface area contributed by atoms with Crippen LogP contribution in [0.3, 0.4) is 0 Å². The highest BCUT2D eigenvalue weighted by Crippen LogP contribution is 2.51. The summed E-state index contributed by atoms with van der Waals surface area (Å²) in [5.41, 5.74) is 1.11. The minimum Gasteiger partial charge on any atom is -0.340 e. The van der Waals surface area contributed by atoms with E-state index in [0.717, 1.165) is 24.0 Å². The van der Waals surface area contributed by atoms with Gasteiger partial charge in [-0.1, -0.05) is 24.3 Å². The van der Waals surface area contributed by atoms with Crippen molar-refractivity contribution in [2.45, 2.75) is 36.1 Å². The summed E-state index contributed by atoms with van der Waals surface area (Å²) in [6, 6.07) is 11.0. The molecular weight excluding hydrogens is 374 g/mol. The number of amides is 1. The smallest absolute Gasteiger partial charge is 0.244 e. The van der Waals surface area contributed by atoms with Crippen molar-refractivity contribution in [3.63, 3.8) is 0 Å². The molecule has 7 heteroatoms. The number of nitrogens with zero attached hydrogens (tertiary/aromatic N) is 3. The fourth-order valence-electron chi connectivity index (χ4n) is 4.59. The van der Waals surface area contributed by atoms with Crippen LogP contribution in [-0.2, 0) is 26.8 Å². The SMILES string of the molecule is O=C(Cc1cccnc1)N1CCC2(C1)c1ccccc1S(=O)(=O)N2CC1CC1. The van der Waals surface area contributed by atoms with Gasteiger partial charge in [0.05, 0.1) is 16.9 Å². The van der Waals surface area contributed by atoms with Crippen LogP contribution in [0, 0.1) is 5.92 Å². The predicted octanol–water partition coefficient (Wildman–Crippen LogP) is 2.17. The summed E-state index contributed by atoms with van der Waals surface area (Å²) in [5, 5.41) is 0. The van der Waals surface area contributed by atoms with Crippen LogP contribution in [0.4, 0.5) is 0 Å². The first-order valence-corrected chi connectivity index (χ1v) is 11.2. The summed E-state index contributed by atoms with van der Waals surface area (Å²) in [4.78, 5) is 19.2. The highest BCUT2D eigenvalue weighted by molar-refractivity contribution is 7.89. The van der Waals surface area contributed by atoms with Crippen molar-refractivity contribution in [3.05, 3.63) is 59.9 Å². The average molecular weight is 398 g/mol. The molecule has 0 bridgehead atoms. The van der Waals surface area contributed by atoms with E-state index in [1.165, 1.54) is 0 Å². The topological polar surface area (TPSA) is 70.6 Å². The number of carbonyl (C=O) groups is 1. The summed E-state index contributed by atoms with van der Waals surface area (Å²) < 4.78 is 28.3. The number of likely N-dealkylation sites (tertiary alicyclic amines) is 1. The van der Waals surface area contributed by atoms with Crippen LogP contribution >= 0.6 is 0 Å². The number of rotatable bonds is 4. The highest BCUT2D eigenvalue weighted by atomic mass is 32.2. The van der Waals surface area contributed by atoms with Gasteiger partial charge in [-0.2, -0.15) is 4.31 Å². The lowest BCUT2D eigenvalue weighted by molar-refractivity contribution is -0.129. The second kappa shape index (κ2) is 6.39. The van der Waals surface area contributed by atoms with Gasteiger partial charge < -0.3 is 4.90 Å². The van der Waals surface area contributed by atoms with E-state index >= 15 is 0 Å². The normalized spacial score (nSPS) is 25.9. The lowest BCUT2D eigenvalue weighted by atomic mass is 9.88. The molecule has 2 fully saturated rings. The predicted molar refractivity (Wildman–Crippen MR) is 104 cm³/mol. The summed E-state index contributed by atoms with van der Waals surface area (Å²) >= 11 is 0. The van der Waals surface area contributed by atoms with Crippen LogP contribution in [0.15, 0.2) is 53.7 Å². The van der Waals surface area contributed by atoms with Crippen LogP contribution in [0.5, 0.6) is 0 Å². The first-order valence-electron chi connectivity index (χ1n) is 9.80. The molecule has 146 valence electrons. The van der Waals surface area contributed by atoms with Gasteiger partial charge in [0.15, 0.2) is 0 Å². The molecule has 1 aromatic carbocycles. The van der Waals surface area contributed by atoms with Gasteiger partial charge >= 0.3 is 0 Å². The molecule has 1 aromatic heterocycles. The number of fused-ring (bicyclic) bond motifs is 2. The zero-order valence-electron chi connectivity index (χ0n) is 15.6. The molecular formula is C21H23N3O3S. The molecule has 3 heterocycles. The second-order valence-electron chi connectivity index (χ2n) is 8.11. The monoisotopic (exact) mass is 397 g/mol. The average Bonchev–Trinajstić information content (AvgIpc) is 3.39. The Bertz CT molecular complexity index is 1020. The molecule has 0 N–H and O–H groups in total. The van der Waals surface area contributed by atoms with Crippen molar-refractivity contribution >= 4 is 15.9 Å². The van der Waals surface area contributed by atoms with Crippen LogP contribution in [0.2, 0.25) is 0 Å². The van der Waals surface area contributed by atoms with E-state index in [4.69, 9.17) is 0 Å². The van der Waals surface area contributed by atoms with Crippen LogP contribution in [-0.4, -0.2) is 48.1 Å². The molecule has 2 aromatic rings.